The molecule has 82 valence electrons. The molecule has 0 amide bonds. The molecule has 1 N–H and O–H groups in total. The summed E-state index contributed by atoms with van der Waals surface area (Å²) in [4.78, 5) is 0.385. The molecule has 1 aromatic carbocycles. The SMILES string of the molecule is CCNC1c2cccc(F)c2S(=O)C1C. The molecule has 2 rings (SSSR count). The van der Waals surface area contributed by atoms with Crippen LogP contribution in [0.3, 0.4) is 0 Å². The van der Waals surface area contributed by atoms with E-state index in [0.717, 1.165) is 12.1 Å². The van der Waals surface area contributed by atoms with Crippen molar-refractivity contribution in [2.24, 2.45) is 0 Å². The fourth-order valence-electron chi connectivity index (χ4n) is 2.04. The van der Waals surface area contributed by atoms with Crippen molar-refractivity contribution in [2.45, 2.75) is 30.0 Å². The van der Waals surface area contributed by atoms with Crippen LogP contribution in [0.25, 0.3) is 0 Å². The number of fused-ring (bicyclic) bond motifs is 1. The van der Waals surface area contributed by atoms with Gasteiger partial charge in [0.1, 0.15) is 5.82 Å². The highest BCUT2D eigenvalue weighted by Gasteiger charge is 2.37. The lowest BCUT2D eigenvalue weighted by molar-refractivity contribution is 0.539. The van der Waals surface area contributed by atoms with E-state index in [0.29, 0.717) is 4.90 Å². The maximum absolute atomic E-state index is 13.5. The highest BCUT2D eigenvalue weighted by molar-refractivity contribution is 7.86. The molecule has 0 bridgehead atoms. The number of hydrogen-bond donors (Lipinski definition) is 1. The van der Waals surface area contributed by atoms with Crippen LogP contribution in [-0.4, -0.2) is 16.0 Å². The third kappa shape index (κ3) is 1.62. The molecule has 1 aliphatic heterocycles. The van der Waals surface area contributed by atoms with E-state index >= 15 is 0 Å². The molecule has 0 fully saturated rings. The van der Waals surface area contributed by atoms with Gasteiger partial charge in [0.25, 0.3) is 0 Å². The molecule has 3 unspecified atom stereocenters. The number of halogens is 1. The fraction of sp³-hybridized carbons (Fsp3) is 0.455. The van der Waals surface area contributed by atoms with Crippen molar-refractivity contribution in [3.8, 4) is 0 Å². The standard InChI is InChI=1S/C11H14FNOS/c1-3-13-10-7(2)15(14)11-8(10)5-4-6-9(11)12/h4-7,10,13H,3H2,1-2H3. The van der Waals surface area contributed by atoms with Gasteiger partial charge in [-0.2, -0.15) is 0 Å². The van der Waals surface area contributed by atoms with Crippen LogP contribution in [0.1, 0.15) is 25.5 Å². The van der Waals surface area contributed by atoms with E-state index in [9.17, 15) is 8.60 Å². The average Bonchev–Trinajstić information content (AvgIpc) is 2.45. The van der Waals surface area contributed by atoms with Gasteiger partial charge in [-0.3, -0.25) is 4.21 Å². The Kier molecular flexibility index (Phi) is 2.89. The van der Waals surface area contributed by atoms with Crippen LogP contribution in [0, 0.1) is 5.82 Å². The Morgan fingerprint density at radius 3 is 2.93 bits per heavy atom. The Hall–Kier alpha value is -0.740. The molecule has 1 aliphatic rings. The summed E-state index contributed by atoms with van der Waals surface area (Å²) in [5, 5.41) is 3.19. The van der Waals surface area contributed by atoms with Gasteiger partial charge in [-0.05, 0) is 25.1 Å². The second-order valence-corrected chi connectivity index (χ2v) is 5.44. The molecule has 1 aromatic rings. The van der Waals surface area contributed by atoms with Crippen LogP contribution in [0.4, 0.5) is 4.39 Å². The molecular formula is C11H14FNOS. The van der Waals surface area contributed by atoms with Crippen LogP contribution >= 0.6 is 0 Å². The largest absolute Gasteiger partial charge is 0.309 e. The minimum absolute atomic E-state index is 0.0153. The van der Waals surface area contributed by atoms with Gasteiger partial charge in [-0.1, -0.05) is 19.1 Å². The van der Waals surface area contributed by atoms with E-state index in [-0.39, 0.29) is 17.1 Å². The zero-order chi connectivity index (χ0) is 11.0. The van der Waals surface area contributed by atoms with Crippen molar-refractivity contribution >= 4 is 10.8 Å². The summed E-state index contributed by atoms with van der Waals surface area (Å²) in [5.41, 5.74) is 0.850. The lowest BCUT2D eigenvalue weighted by Crippen LogP contribution is -2.27. The fourth-order valence-corrected chi connectivity index (χ4v) is 3.59. The third-order valence-electron chi connectivity index (χ3n) is 2.76. The molecule has 1 heterocycles. The maximum Gasteiger partial charge on any atom is 0.139 e. The number of rotatable bonds is 2. The first-order valence-electron chi connectivity index (χ1n) is 5.09. The Balaban J connectivity index is 2.50. The van der Waals surface area contributed by atoms with Crippen molar-refractivity contribution in [1.82, 2.24) is 5.32 Å². The van der Waals surface area contributed by atoms with Gasteiger partial charge in [0, 0.05) is 6.04 Å². The first-order chi connectivity index (χ1) is 7.16. The van der Waals surface area contributed by atoms with E-state index in [4.69, 9.17) is 0 Å². The summed E-state index contributed by atoms with van der Waals surface area (Å²) in [7, 11) is -1.22. The highest BCUT2D eigenvalue weighted by atomic mass is 32.2. The number of benzene rings is 1. The quantitative estimate of drug-likeness (QED) is 0.837. The molecule has 0 saturated heterocycles. The summed E-state index contributed by atoms with van der Waals surface area (Å²) in [6, 6.07) is 4.92. The smallest absolute Gasteiger partial charge is 0.139 e. The van der Waals surface area contributed by atoms with Gasteiger partial charge < -0.3 is 5.32 Å². The zero-order valence-electron chi connectivity index (χ0n) is 8.79. The molecule has 0 saturated carbocycles. The van der Waals surface area contributed by atoms with Crippen LogP contribution in [0.5, 0.6) is 0 Å². The van der Waals surface area contributed by atoms with Crippen LogP contribution in [0.2, 0.25) is 0 Å². The van der Waals surface area contributed by atoms with Crippen LogP contribution in [0.15, 0.2) is 23.1 Å². The monoisotopic (exact) mass is 227 g/mol. The lowest BCUT2D eigenvalue weighted by Gasteiger charge is -2.15. The second-order valence-electron chi connectivity index (χ2n) is 3.70. The molecule has 0 radical (unpaired) electrons. The predicted octanol–water partition coefficient (Wildman–Crippen LogP) is 1.99. The third-order valence-corrected chi connectivity index (χ3v) is 4.55. The van der Waals surface area contributed by atoms with E-state index in [1.54, 1.807) is 6.07 Å². The molecule has 4 heteroatoms. The second kappa shape index (κ2) is 4.02. The summed E-state index contributed by atoms with van der Waals surface area (Å²) in [5.74, 6) is -0.349. The first kappa shape index (κ1) is 10.8. The van der Waals surface area contributed by atoms with Gasteiger partial charge in [0.05, 0.1) is 20.9 Å². The topological polar surface area (TPSA) is 29.1 Å². The molecule has 0 aromatic heterocycles. The normalized spacial score (nSPS) is 29.1. The predicted molar refractivity (Wildman–Crippen MR) is 58.7 cm³/mol. The van der Waals surface area contributed by atoms with Crippen molar-refractivity contribution < 1.29 is 8.60 Å². The maximum atomic E-state index is 13.5. The molecule has 0 spiro atoms. The Morgan fingerprint density at radius 2 is 2.27 bits per heavy atom. The summed E-state index contributed by atoms with van der Waals surface area (Å²) in [6.45, 7) is 4.68. The minimum atomic E-state index is -1.22. The average molecular weight is 227 g/mol. The zero-order valence-corrected chi connectivity index (χ0v) is 9.60. The van der Waals surface area contributed by atoms with E-state index in [1.165, 1.54) is 6.07 Å². The van der Waals surface area contributed by atoms with E-state index in [1.807, 2.05) is 19.9 Å². The van der Waals surface area contributed by atoms with Crippen LogP contribution in [-0.2, 0) is 10.8 Å². The Bertz CT molecular complexity index is 408. The summed E-state index contributed by atoms with van der Waals surface area (Å²) in [6.07, 6.45) is 0. The number of nitrogens with one attached hydrogen (secondary N) is 1. The molecule has 2 nitrogen and oxygen atoms in total. The Morgan fingerprint density at radius 1 is 1.53 bits per heavy atom. The van der Waals surface area contributed by atoms with Gasteiger partial charge in [0.15, 0.2) is 0 Å². The summed E-state index contributed by atoms with van der Waals surface area (Å²) < 4.78 is 25.4. The minimum Gasteiger partial charge on any atom is -0.309 e. The van der Waals surface area contributed by atoms with Gasteiger partial charge >= 0.3 is 0 Å². The van der Waals surface area contributed by atoms with Crippen molar-refractivity contribution in [1.29, 1.82) is 0 Å². The molecule has 0 aliphatic carbocycles. The molecule has 3 atom stereocenters. The Labute approximate surface area is 91.3 Å². The van der Waals surface area contributed by atoms with Gasteiger partial charge in [0.2, 0.25) is 0 Å². The summed E-state index contributed by atoms with van der Waals surface area (Å²) >= 11 is 0. The molecule has 15 heavy (non-hydrogen) atoms. The van der Waals surface area contributed by atoms with Crippen molar-refractivity contribution in [3.05, 3.63) is 29.6 Å². The first-order valence-corrected chi connectivity index (χ1v) is 6.30. The van der Waals surface area contributed by atoms with Crippen LogP contribution < -0.4 is 5.32 Å². The lowest BCUT2D eigenvalue weighted by atomic mass is 10.0. The molecular weight excluding hydrogens is 213 g/mol. The van der Waals surface area contributed by atoms with Gasteiger partial charge in [-0.15, -0.1) is 0 Å². The van der Waals surface area contributed by atoms with E-state index < -0.39 is 10.8 Å². The highest BCUT2D eigenvalue weighted by Crippen LogP contribution is 2.37. The van der Waals surface area contributed by atoms with E-state index in [2.05, 4.69) is 5.32 Å². The number of hydrogen-bond acceptors (Lipinski definition) is 2. The van der Waals surface area contributed by atoms with Gasteiger partial charge in [-0.25, -0.2) is 4.39 Å². The van der Waals surface area contributed by atoms with Crippen molar-refractivity contribution in [2.75, 3.05) is 6.54 Å². The van der Waals surface area contributed by atoms with Crippen molar-refractivity contribution in [3.63, 3.8) is 0 Å².